The molecule has 0 aliphatic carbocycles. The van der Waals surface area contributed by atoms with Crippen LogP contribution in [0.1, 0.15) is 26.7 Å². The van der Waals surface area contributed by atoms with E-state index in [-0.39, 0.29) is 24.0 Å². The Bertz CT molecular complexity index is 313. The molecular weight excluding hydrogens is 210 g/mol. The van der Waals surface area contributed by atoms with Gasteiger partial charge in [-0.1, -0.05) is 13.8 Å². The standard InChI is InChI=1S/C11H17NO4/c1-11(2)6-15-10(14)9(11)16-7-12-5-3-4-8(12)13/h9H,3-7H2,1-2H3. The lowest BCUT2D eigenvalue weighted by molar-refractivity contribution is -0.154. The number of hydrogen-bond donors (Lipinski definition) is 0. The Balaban J connectivity index is 1.89. The number of hydrogen-bond acceptors (Lipinski definition) is 4. The van der Waals surface area contributed by atoms with Gasteiger partial charge >= 0.3 is 5.97 Å². The van der Waals surface area contributed by atoms with Crippen LogP contribution in [0.5, 0.6) is 0 Å². The maximum absolute atomic E-state index is 11.4. The number of carbonyl (C=O) groups is 2. The van der Waals surface area contributed by atoms with E-state index in [4.69, 9.17) is 9.47 Å². The Morgan fingerprint density at radius 3 is 2.75 bits per heavy atom. The van der Waals surface area contributed by atoms with Crippen molar-refractivity contribution in [2.45, 2.75) is 32.8 Å². The Kier molecular flexibility index (Phi) is 2.88. The minimum absolute atomic E-state index is 0.101. The molecule has 2 aliphatic rings. The smallest absolute Gasteiger partial charge is 0.336 e. The van der Waals surface area contributed by atoms with Gasteiger partial charge in [0.15, 0.2) is 6.10 Å². The van der Waals surface area contributed by atoms with Gasteiger partial charge in [0.25, 0.3) is 0 Å². The molecule has 90 valence electrons. The summed E-state index contributed by atoms with van der Waals surface area (Å²) in [7, 11) is 0. The van der Waals surface area contributed by atoms with Crippen molar-refractivity contribution in [3.05, 3.63) is 0 Å². The van der Waals surface area contributed by atoms with Crippen molar-refractivity contribution in [2.24, 2.45) is 5.41 Å². The zero-order chi connectivity index (χ0) is 11.8. The van der Waals surface area contributed by atoms with Gasteiger partial charge in [0.05, 0.1) is 6.61 Å². The Hall–Kier alpha value is -1.10. The highest BCUT2D eigenvalue weighted by atomic mass is 16.6. The number of amides is 1. The second-order valence-corrected chi connectivity index (χ2v) is 5.03. The number of likely N-dealkylation sites (tertiary alicyclic amines) is 1. The van der Waals surface area contributed by atoms with Crippen LogP contribution in [-0.4, -0.2) is 42.8 Å². The van der Waals surface area contributed by atoms with E-state index in [0.29, 0.717) is 13.0 Å². The summed E-state index contributed by atoms with van der Waals surface area (Å²) in [5, 5.41) is 0. The predicted molar refractivity (Wildman–Crippen MR) is 55.4 cm³/mol. The van der Waals surface area contributed by atoms with Crippen LogP contribution in [0, 0.1) is 5.41 Å². The van der Waals surface area contributed by atoms with Gasteiger partial charge in [0, 0.05) is 18.4 Å². The highest BCUT2D eigenvalue weighted by Gasteiger charge is 2.45. The summed E-state index contributed by atoms with van der Waals surface area (Å²) in [6.07, 6.45) is 0.906. The Labute approximate surface area is 94.7 Å². The molecule has 0 spiro atoms. The molecule has 2 saturated heterocycles. The van der Waals surface area contributed by atoms with E-state index in [1.165, 1.54) is 0 Å². The first-order chi connectivity index (χ1) is 7.50. The molecule has 5 nitrogen and oxygen atoms in total. The second-order valence-electron chi connectivity index (χ2n) is 5.03. The van der Waals surface area contributed by atoms with Gasteiger partial charge in [0.1, 0.15) is 6.73 Å². The summed E-state index contributed by atoms with van der Waals surface area (Å²) >= 11 is 0. The number of rotatable bonds is 3. The molecular formula is C11H17NO4. The average Bonchev–Trinajstić information content (AvgIpc) is 2.71. The number of nitrogens with zero attached hydrogens (tertiary/aromatic N) is 1. The fourth-order valence-corrected chi connectivity index (χ4v) is 2.03. The quantitative estimate of drug-likeness (QED) is 0.660. The first-order valence-electron chi connectivity index (χ1n) is 5.57. The molecule has 0 saturated carbocycles. The van der Waals surface area contributed by atoms with E-state index in [1.807, 2.05) is 13.8 Å². The van der Waals surface area contributed by atoms with Crippen LogP contribution in [0.4, 0.5) is 0 Å². The molecule has 0 radical (unpaired) electrons. The van der Waals surface area contributed by atoms with Gasteiger partial charge in [-0.25, -0.2) is 4.79 Å². The third-order valence-electron chi connectivity index (χ3n) is 3.08. The maximum atomic E-state index is 11.4. The van der Waals surface area contributed by atoms with Crippen molar-refractivity contribution in [1.29, 1.82) is 0 Å². The van der Waals surface area contributed by atoms with Crippen molar-refractivity contribution in [2.75, 3.05) is 19.9 Å². The zero-order valence-electron chi connectivity index (χ0n) is 9.69. The van der Waals surface area contributed by atoms with Crippen molar-refractivity contribution in [1.82, 2.24) is 4.90 Å². The van der Waals surface area contributed by atoms with Crippen LogP contribution >= 0.6 is 0 Å². The number of cyclic esters (lactones) is 1. The minimum Gasteiger partial charge on any atom is -0.463 e. The third kappa shape index (κ3) is 2.04. The molecule has 2 fully saturated rings. The topological polar surface area (TPSA) is 55.8 Å². The summed E-state index contributed by atoms with van der Waals surface area (Å²) in [5.41, 5.74) is -0.306. The lowest BCUT2D eigenvalue weighted by atomic mass is 9.90. The molecule has 2 heterocycles. The van der Waals surface area contributed by atoms with E-state index in [2.05, 4.69) is 0 Å². The maximum Gasteiger partial charge on any atom is 0.336 e. The van der Waals surface area contributed by atoms with Gasteiger partial charge in [-0.3, -0.25) is 4.79 Å². The number of carbonyl (C=O) groups excluding carboxylic acids is 2. The van der Waals surface area contributed by atoms with E-state index in [1.54, 1.807) is 4.90 Å². The van der Waals surface area contributed by atoms with Crippen molar-refractivity contribution < 1.29 is 19.1 Å². The zero-order valence-corrected chi connectivity index (χ0v) is 9.69. The SMILES string of the molecule is CC1(C)COC(=O)C1OCN1CCCC1=O. The molecule has 16 heavy (non-hydrogen) atoms. The van der Waals surface area contributed by atoms with Gasteiger partial charge in [-0.05, 0) is 6.42 Å². The fourth-order valence-electron chi connectivity index (χ4n) is 2.03. The van der Waals surface area contributed by atoms with Crippen molar-refractivity contribution >= 4 is 11.9 Å². The summed E-state index contributed by atoms with van der Waals surface area (Å²) < 4.78 is 10.5. The largest absolute Gasteiger partial charge is 0.463 e. The Morgan fingerprint density at radius 2 is 2.25 bits per heavy atom. The molecule has 2 rings (SSSR count). The molecule has 5 heteroatoms. The minimum atomic E-state index is -0.555. The van der Waals surface area contributed by atoms with Crippen LogP contribution < -0.4 is 0 Å². The highest BCUT2D eigenvalue weighted by Crippen LogP contribution is 2.31. The van der Waals surface area contributed by atoms with Gasteiger partial charge in [-0.2, -0.15) is 0 Å². The van der Waals surface area contributed by atoms with E-state index < -0.39 is 6.10 Å². The van der Waals surface area contributed by atoms with Crippen molar-refractivity contribution in [3.63, 3.8) is 0 Å². The van der Waals surface area contributed by atoms with Crippen LogP contribution in [0.25, 0.3) is 0 Å². The van der Waals surface area contributed by atoms with E-state index in [0.717, 1.165) is 13.0 Å². The molecule has 0 bridgehead atoms. The fraction of sp³-hybridized carbons (Fsp3) is 0.818. The van der Waals surface area contributed by atoms with Gasteiger partial charge in [-0.15, -0.1) is 0 Å². The summed E-state index contributed by atoms with van der Waals surface area (Å²) in [6, 6.07) is 0. The lowest BCUT2D eigenvalue weighted by Crippen LogP contribution is -2.38. The van der Waals surface area contributed by atoms with E-state index >= 15 is 0 Å². The molecule has 1 amide bonds. The normalized spacial score (nSPS) is 28.6. The van der Waals surface area contributed by atoms with Gasteiger partial charge < -0.3 is 14.4 Å². The van der Waals surface area contributed by atoms with Crippen LogP contribution in [0.2, 0.25) is 0 Å². The van der Waals surface area contributed by atoms with E-state index in [9.17, 15) is 9.59 Å². The first-order valence-corrected chi connectivity index (χ1v) is 5.57. The molecule has 0 N–H and O–H groups in total. The van der Waals surface area contributed by atoms with Crippen LogP contribution in [-0.2, 0) is 19.1 Å². The lowest BCUT2D eigenvalue weighted by Gasteiger charge is -2.24. The summed E-state index contributed by atoms with van der Waals surface area (Å²) in [5.74, 6) is -0.221. The Morgan fingerprint density at radius 1 is 1.50 bits per heavy atom. The predicted octanol–water partition coefficient (Wildman–Crippen LogP) is 0.534. The molecule has 0 aromatic heterocycles. The monoisotopic (exact) mass is 227 g/mol. The van der Waals surface area contributed by atoms with Crippen molar-refractivity contribution in [3.8, 4) is 0 Å². The molecule has 2 aliphatic heterocycles. The van der Waals surface area contributed by atoms with Crippen LogP contribution in [0.3, 0.4) is 0 Å². The third-order valence-corrected chi connectivity index (χ3v) is 3.08. The molecule has 0 aromatic carbocycles. The number of esters is 1. The molecule has 1 unspecified atom stereocenters. The summed E-state index contributed by atoms with van der Waals surface area (Å²) in [6.45, 7) is 5.15. The average molecular weight is 227 g/mol. The summed E-state index contributed by atoms with van der Waals surface area (Å²) in [4.78, 5) is 24.4. The number of ether oxygens (including phenoxy) is 2. The van der Waals surface area contributed by atoms with Crippen LogP contribution in [0.15, 0.2) is 0 Å². The van der Waals surface area contributed by atoms with Gasteiger partial charge in [0.2, 0.25) is 5.91 Å². The second kappa shape index (κ2) is 4.05. The first kappa shape index (κ1) is 11.4. The highest BCUT2D eigenvalue weighted by molar-refractivity contribution is 5.79. The molecule has 1 atom stereocenters. The molecule has 0 aromatic rings.